The second kappa shape index (κ2) is 62.5. The van der Waals surface area contributed by atoms with E-state index < -0.39 is 0 Å². The van der Waals surface area contributed by atoms with Gasteiger partial charge >= 0.3 is 0 Å². The third-order valence-electron chi connectivity index (χ3n) is 21.0. The Kier molecular flexibility index (Phi) is 55.6. The van der Waals surface area contributed by atoms with Crippen molar-refractivity contribution in [2.75, 3.05) is 101 Å². The Morgan fingerprint density at radius 1 is 0.182 bits per heavy atom. The van der Waals surface area contributed by atoms with Crippen molar-refractivity contribution < 1.29 is 0 Å². The summed E-state index contributed by atoms with van der Waals surface area (Å²) in [5.74, 6) is 6.81. The highest BCUT2D eigenvalue weighted by molar-refractivity contribution is 5.87. The van der Waals surface area contributed by atoms with Crippen LogP contribution in [0, 0.1) is 41.5 Å². The van der Waals surface area contributed by atoms with Gasteiger partial charge in [-0.25, -0.2) is 49.8 Å². The summed E-state index contributed by atoms with van der Waals surface area (Å²) >= 11 is 0. The Hall–Kier alpha value is -12.7. The van der Waals surface area contributed by atoms with Crippen molar-refractivity contribution >= 4 is 103 Å². The largest absolute Gasteiger partial charge is 0.351 e. The maximum Gasteiger partial charge on any atom is 0.156 e. The highest BCUT2D eigenvalue weighted by Gasteiger charge is 2.39. The van der Waals surface area contributed by atoms with Gasteiger partial charge in [-0.3, -0.25) is 19.9 Å². The fourth-order valence-corrected chi connectivity index (χ4v) is 14.5. The van der Waals surface area contributed by atoms with Crippen molar-refractivity contribution in [1.29, 1.82) is 0 Å². The molecule has 0 N–H and O–H groups in total. The fraction of sp³-hybridized carbons (Fsp3) is 0.453. The molecule has 0 amide bonds. The van der Waals surface area contributed by atoms with Crippen molar-refractivity contribution in [3.05, 3.63) is 242 Å². The van der Waals surface area contributed by atoms with E-state index in [-0.39, 0.29) is 30.8 Å². The summed E-state index contributed by atoms with van der Waals surface area (Å²) in [6.07, 6.45) is 30.2. The molecule has 0 bridgehead atoms. The van der Waals surface area contributed by atoms with Crippen LogP contribution in [0.3, 0.4) is 0 Å². The molecule has 6 aliphatic rings. The number of para-hydroxylation sites is 1. The van der Waals surface area contributed by atoms with Gasteiger partial charge in [0.05, 0.1) is 92.5 Å². The number of aryl methyl sites for hydroxylation is 6. The van der Waals surface area contributed by atoms with Crippen molar-refractivity contribution in [1.82, 2.24) is 69.8 Å². The van der Waals surface area contributed by atoms with Gasteiger partial charge in [0.1, 0.15) is 61.3 Å². The smallest absolute Gasteiger partial charge is 0.156 e. The van der Waals surface area contributed by atoms with Crippen LogP contribution >= 0.6 is 0 Å². The molecule has 0 spiro atoms. The maximum atomic E-state index is 4.52. The predicted octanol–water partition coefficient (Wildman–Crippen LogP) is 27.4. The summed E-state index contributed by atoms with van der Waals surface area (Å²) in [6, 6.07) is 36.9. The van der Waals surface area contributed by atoms with Crippen LogP contribution in [0.5, 0.6) is 0 Å². The Labute approximate surface area is 798 Å². The van der Waals surface area contributed by atoms with Crippen molar-refractivity contribution in [3.63, 3.8) is 0 Å². The second-order valence-electron chi connectivity index (χ2n) is 27.3. The van der Waals surface area contributed by atoms with E-state index in [9.17, 15) is 0 Å². The SMILES string of the molecule is CC.CC.CC.CC.CC.CC.CC.CC.CC.CC.CC.CC.Cc1ccccc1N1c2ccncc2N(C)C1C.Cc1cccnc1N1c2cccnc2N(C)C1C.Cc1cncnc1N1c2cccnc2N(C)C1C.Cc1ncccc1N1c2ccncc2N(C)C1C.Cc1nccnc1N1c2cccnc2N(C)C1C.Cc1ncncc1N1c2cccnc2N(C)C1C. The Morgan fingerprint density at radius 2 is 0.455 bits per heavy atom. The van der Waals surface area contributed by atoms with Gasteiger partial charge in [0.25, 0.3) is 0 Å². The standard InChI is InChI=1S/C15H17N3.2C14H16N4.3C13H15N5.12C2H6/c1-11-6-4-5-7-13(11)18-12(2)17(3)15-10-16-9-8-14(15)18;1-10-6-4-8-15-13(10)18-11(2)17(3)14-12(18)7-5-9-16-14;1-10-12(5-4-7-16-10)18-11(2)17(3)14-9-15-8-6-13(14)18;1-9-12(7-14-8-16-9)18-10(2)17(3)13-11(18)5-4-6-15-13;1-9-7-14-8-16-12(9)18-10(2)17(3)13-11(18)5-4-6-15-13;1-9-12(16-8-7-14-9)18-10(2)17(3)13-11(18)5-4-6-15-13;12*1-2/h4-10,12H,1-3H3;2*4-9,11H,1-3H3;3*4-8,10H,1-3H3;12*1-2H3. The molecule has 11 aromatic heterocycles. The zero-order valence-electron chi connectivity index (χ0n) is 88.7. The molecular weight excluding hydrogens is 1640 g/mol. The van der Waals surface area contributed by atoms with Crippen molar-refractivity contribution in [2.24, 2.45) is 0 Å². The number of aromatic nitrogens is 14. The van der Waals surface area contributed by atoms with E-state index in [0.29, 0.717) is 6.17 Å². The quantitative estimate of drug-likeness (QED) is 0.151. The topological polar surface area (TPSA) is 219 Å². The molecular formula is C106H166N26. The van der Waals surface area contributed by atoms with E-state index in [1.807, 2.05) is 319 Å². The van der Waals surface area contributed by atoms with Gasteiger partial charge in [-0.05, 0) is 179 Å². The van der Waals surface area contributed by atoms with E-state index in [1.54, 1.807) is 25.0 Å². The minimum atomic E-state index is 0.185. The van der Waals surface area contributed by atoms with Crippen molar-refractivity contribution in [3.8, 4) is 0 Å². The highest BCUT2D eigenvalue weighted by Crippen LogP contribution is 2.48. The number of hydrogen-bond donors (Lipinski definition) is 0. The van der Waals surface area contributed by atoms with Crippen LogP contribution in [-0.4, -0.2) is 149 Å². The first-order valence-corrected chi connectivity index (χ1v) is 48.2. The third-order valence-corrected chi connectivity index (χ3v) is 21.0. The molecule has 18 rings (SSSR count). The van der Waals surface area contributed by atoms with E-state index in [0.717, 1.165) is 103 Å². The zero-order chi connectivity index (χ0) is 100. The van der Waals surface area contributed by atoms with Gasteiger partial charge < -0.3 is 58.8 Å². The van der Waals surface area contributed by atoms with E-state index in [4.69, 9.17) is 0 Å². The minimum Gasteiger partial charge on any atom is -0.351 e. The average molecular weight is 1800 g/mol. The number of rotatable bonds is 6. The molecule has 720 valence electrons. The average Bonchev–Trinajstić information content (AvgIpc) is 1.66. The van der Waals surface area contributed by atoms with E-state index in [2.05, 4.69) is 285 Å². The Morgan fingerprint density at radius 3 is 0.841 bits per heavy atom. The van der Waals surface area contributed by atoms with Crippen LogP contribution in [0.1, 0.15) is 241 Å². The molecule has 0 aliphatic carbocycles. The normalized spacial score (nSPS) is 15.3. The molecule has 12 aromatic rings. The summed E-state index contributed by atoms with van der Waals surface area (Å²) in [7, 11) is 12.4. The molecule has 0 radical (unpaired) electrons. The molecule has 6 unspecified atom stereocenters. The lowest BCUT2D eigenvalue weighted by molar-refractivity contribution is 0.718. The van der Waals surface area contributed by atoms with Crippen molar-refractivity contribution in [2.45, 2.75) is 286 Å². The van der Waals surface area contributed by atoms with E-state index in [1.165, 1.54) is 33.9 Å². The molecule has 0 saturated carbocycles. The highest BCUT2D eigenvalue weighted by atomic mass is 15.5. The lowest BCUT2D eigenvalue weighted by Crippen LogP contribution is -2.36. The van der Waals surface area contributed by atoms with E-state index >= 15 is 0 Å². The molecule has 26 nitrogen and oxygen atoms in total. The third kappa shape index (κ3) is 27.7. The minimum absolute atomic E-state index is 0.185. The fourth-order valence-electron chi connectivity index (χ4n) is 14.5. The number of benzene rings is 1. The molecule has 26 heteroatoms. The first-order chi connectivity index (χ1) is 64.2. The monoisotopic (exact) mass is 1800 g/mol. The second-order valence-corrected chi connectivity index (χ2v) is 27.3. The van der Waals surface area contributed by atoms with Crippen LogP contribution in [0.15, 0.2) is 209 Å². The summed E-state index contributed by atoms with van der Waals surface area (Å²) in [5.41, 5.74) is 19.1. The molecule has 6 atom stereocenters. The summed E-state index contributed by atoms with van der Waals surface area (Å²) in [6.45, 7) is 73.3. The lowest BCUT2D eigenvalue weighted by Gasteiger charge is -2.28. The first-order valence-electron chi connectivity index (χ1n) is 48.2. The van der Waals surface area contributed by atoms with Gasteiger partial charge in [-0.2, -0.15) is 0 Å². The van der Waals surface area contributed by atoms with Crippen LogP contribution in [0.25, 0.3) is 0 Å². The van der Waals surface area contributed by atoms with Crippen LogP contribution in [0.4, 0.5) is 103 Å². The molecule has 17 heterocycles. The summed E-state index contributed by atoms with van der Waals surface area (Å²) in [5, 5.41) is 0. The molecule has 1 aromatic carbocycles. The molecule has 0 saturated heterocycles. The first kappa shape index (κ1) is 117. The van der Waals surface area contributed by atoms with Crippen LogP contribution < -0.4 is 58.8 Å². The summed E-state index contributed by atoms with van der Waals surface area (Å²) in [4.78, 5) is 87.3. The van der Waals surface area contributed by atoms with Gasteiger partial charge in [-0.1, -0.05) is 190 Å². The zero-order valence-corrected chi connectivity index (χ0v) is 88.7. The lowest BCUT2D eigenvalue weighted by atomic mass is 10.1. The molecule has 0 fully saturated rings. The van der Waals surface area contributed by atoms with Crippen LogP contribution in [0.2, 0.25) is 0 Å². The molecule has 6 aliphatic heterocycles. The predicted molar refractivity (Wildman–Crippen MR) is 571 cm³/mol. The summed E-state index contributed by atoms with van der Waals surface area (Å²) < 4.78 is 0. The van der Waals surface area contributed by atoms with Gasteiger partial charge in [0.2, 0.25) is 0 Å². The number of hydrogen-bond acceptors (Lipinski definition) is 26. The number of fused-ring (bicyclic) bond motifs is 6. The van der Waals surface area contributed by atoms with Gasteiger partial charge in [-0.15, -0.1) is 0 Å². The van der Waals surface area contributed by atoms with Gasteiger partial charge in [0.15, 0.2) is 29.1 Å². The Bertz CT molecular complexity index is 4320. The van der Waals surface area contributed by atoms with Crippen LogP contribution in [-0.2, 0) is 0 Å². The van der Waals surface area contributed by atoms with Gasteiger partial charge in [0, 0.05) is 122 Å². The number of pyridine rings is 8. The number of nitrogens with zero attached hydrogens (tertiary/aromatic N) is 26. The molecule has 132 heavy (non-hydrogen) atoms. The Balaban J connectivity index is 0.000000756. The maximum absolute atomic E-state index is 4.52. The number of anilines is 18.